The third-order valence-corrected chi connectivity index (χ3v) is 7.88. The van der Waals surface area contributed by atoms with Crippen LogP contribution in [0.5, 0.6) is 0 Å². The van der Waals surface area contributed by atoms with E-state index in [1.165, 1.54) is 0 Å². The number of para-hydroxylation sites is 1. The molecule has 0 N–H and O–H groups in total. The molecule has 0 saturated heterocycles. The Morgan fingerprint density at radius 2 is 1.62 bits per heavy atom. The standard InChI is InChI=1S/C33H32N4O2/c1-5-36(6-2)24-17-18-26(22(4)21-24)33(31-29(32(38)39-33)34-19-20-35-31)28-25-15-11-12-16-27(25)37(7-3)30(28)23-13-9-8-10-14-23/h8-21H,5-7H2,1-4H3. The summed E-state index contributed by atoms with van der Waals surface area (Å²) in [6, 6.07) is 25.1. The number of aryl methyl sites for hydroxylation is 2. The second-order valence-electron chi connectivity index (χ2n) is 9.85. The summed E-state index contributed by atoms with van der Waals surface area (Å²) in [6.07, 6.45) is 3.20. The Hall–Kier alpha value is -4.45. The molecule has 0 radical (unpaired) electrons. The van der Waals surface area contributed by atoms with Crippen LogP contribution in [-0.2, 0) is 16.9 Å². The van der Waals surface area contributed by atoms with Crippen LogP contribution in [0.2, 0.25) is 0 Å². The Bertz CT molecular complexity index is 1690. The van der Waals surface area contributed by atoms with Gasteiger partial charge in [-0.2, -0.15) is 0 Å². The van der Waals surface area contributed by atoms with Gasteiger partial charge in [0.05, 0.1) is 5.69 Å². The number of rotatable bonds is 7. The lowest BCUT2D eigenvalue weighted by atomic mass is 9.78. The smallest absolute Gasteiger partial charge is 0.360 e. The topological polar surface area (TPSA) is 60.2 Å². The van der Waals surface area contributed by atoms with Gasteiger partial charge in [-0.3, -0.25) is 4.98 Å². The van der Waals surface area contributed by atoms with Gasteiger partial charge in [0.15, 0.2) is 5.69 Å². The monoisotopic (exact) mass is 516 g/mol. The van der Waals surface area contributed by atoms with E-state index < -0.39 is 11.6 Å². The molecule has 6 nitrogen and oxygen atoms in total. The van der Waals surface area contributed by atoms with Gasteiger partial charge in [0.25, 0.3) is 0 Å². The first kappa shape index (κ1) is 24.9. The summed E-state index contributed by atoms with van der Waals surface area (Å²) >= 11 is 0. The molecule has 0 saturated carbocycles. The van der Waals surface area contributed by atoms with Crippen molar-refractivity contribution < 1.29 is 9.53 Å². The van der Waals surface area contributed by atoms with E-state index in [-0.39, 0.29) is 5.69 Å². The number of benzene rings is 3. The van der Waals surface area contributed by atoms with Crippen LogP contribution in [0.3, 0.4) is 0 Å². The third kappa shape index (κ3) is 3.66. The zero-order valence-corrected chi connectivity index (χ0v) is 22.8. The summed E-state index contributed by atoms with van der Waals surface area (Å²) < 4.78 is 8.87. The number of nitrogens with zero attached hydrogens (tertiary/aromatic N) is 4. The molecule has 6 heteroatoms. The average Bonchev–Trinajstić information content (AvgIpc) is 3.47. The summed E-state index contributed by atoms with van der Waals surface area (Å²) in [4.78, 5) is 25.1. The van der Waals surface area contributed by atoms with Crippen LogP contribution in [0.1, 0.15) is 53.6 Å². The second-order valence-corrected chi connectivity index (χ2v) is 9.85. The quantitative estimate of drug-likeness (QED) is 0.224. The van der Waals surface area contributed by atoms with E-state index in [0.717, 1.165) is 64.2 Å². The summed E-state index contributed by atoms with van der Waals surface area (Å²) in [5.74, 6) is -0.460. The van der Waals surface area contributed by atoms with Crippen molar-refractivity contribution in [2.24, 2.45) is 0 Å². The minimum Gasteiger partial charge on any atom is -0.438 e. The maximum atomic E-state index is 13.5. The zero-order chi connectivity index (χ0) is 27.1. The molecule has 0 fully saturated rings. The molecular weight excluding hydrogens is 484 g/mol. The van der Waals surface area contributed by atoms with Crippen LogP contribution in [0.4, 0.5) is 5.69 Å². The Morgan fingerprint density at radius 1 is 0.897 bits per heavy atom. The van der Waals surface area contributed by atoms with Crippen molar-refractivity contribution in [3.63, 3.8) is 0 Å². The normalized spacial score (nSPS) is 16.4. The van der Waals surface area contributed by atoms with Crippen molar-refractivity contribution in [2.75, 3.05) is 18.0 Å². The van der Waals surface area contributed by atoms with Crippen LogP contribution < -0.4 is 4.90 Å². The van der Waals surface area contributed by atoms with E-state index in [9.17, 15) is 4.79 Å². The molecule has 0 bridgehead atoms. The SMILES string of the molecule is CCN(CC)c1ccc(C2(c3c(-c4ccccc4)n(CC)c4ccccc34)OC(=O)c3nccnc32)c(C)c1. The molecule has 1 unspecified atom stereocenters. The van der Waals surface area contributed by atoms with Gasteiger partial charge in [-0.15, -0.1) is 0 Å². The van der Waals surface area contributed by atoms with Crippen LogP contribution in [0.15, 0.2) is 85.2 Å². The first-order valence-corrected chi connectivity index (χ1v) is 13.6. The fraction of sp³-hybridized carbons (Fsp3) is 0.242. The van der Waals surface area contributed by atoms with Gasteiger partial charge < -0.3 is 14.2 Å². The molecular formula is C33H32N4O2. The highest BCUT2D eigenvalue weighted by Gasteiger charge is 2.54. The number of esters is 1. The molecule has 0 amide bonds. The van der Waals surface area contributed by atoms with Gasteiger partial charge in [0.1, 0.15) is 5.69 Å². The van der Waals surface area contributed by atoms with Crippen molar-refractivity contribution in [3.8, 4) is 11.3 Å². The molecule has 2 aromatic heterocycles. The van der Waals surface area contributed by atoms with E-state index in [4.69, 9.17) is 9.72 Å². The zero-order valence-electron chi connectivity index (χ0n) is 22.8. The average molecular weight is 517 g/mol. The van der Waals surface area contributed by atoms with Crippen molar-refractivity contribution in [1.82, 2.24) is 14.5 Å². The molecule has 5 aromatic rings. The van der Waals surface area contributed by atoms with E-state index in [1.54, 1.807) is 12.4 Å². The number of fused-ring (bicyclic) bond motifs is 2. The number of hydrogen-bond acceptors (Lipinski definition) is 5. The number of ether oxygens (including phenoxy) is 1. The van der Waals surface area contributed by atoms with E-state index in [2.05, 4.69) is 90.7 Å². The molecule has 3 heterocycles. The molecule has 1 atom stereocenters. The number of hydrogen-bond donors (Lipinski definition) is 0. The van der Waals surface area contributed by atoms with E-state index in [0.29, 0.717) is 5.69 Å². The van der Waals surface area contributed by atoms with E-state index >= 15 is 0 Å². The predicted molar refractivity (Wildman–Crippen MR) is 155 cm³/mol. The van der Waals surface area contributed by atoms with Crippen LogP contribution in [0.25, 0.3) is 22.2 Å². The first-order valence-electron chi connectivity index (χ1n) is 13.6. The van der Waals surface area contributed by atoms with Crippen molar-refractivity contribution in [3.05, 3.63) is 113 Å². The summed E-state index contributed by atoms with van der Waals surface area (Å²) in [5, 5.41) is 1.02. The Morgan fingerprint density at radius 3 is 2.33 bits per heavy atom. The highest BCUT2D eigenvalue weighted by atomic mass is 16.6. The highest BCUT2D eigenvalue weighted by Crippen LogP contribution is 2.53. The number of cyclic esters (lactones) is 1. The van der Waals surface area contributed by atoms with Gasteiger partial charge in [-0.25, -0.2) is 9.78 Å². The minimum absolute atomic E-state index is 0.261. The minimum atomic E-state index is -1.27. The highest BCUT2D eigenvalue weighted by molar-refractivity contribution is 5.99. The van der Waals surface area contributed by atoms with Crippen molar-refractivity contribution in [2.45, 2.75) is 39.8 Å². The Balaban J connectivity index is 1.77. The number of aromatic nitrogens is 3. The summed E-state index contributed by atoms with van der Waals surface area (Å²) in [6.45, 7) is 11.1. The van der Waals surface area contributed by atoms with Crippen LogP contribution in [-0.4, -0.2) is 33.6 Å². The number of anilines is 1. The maximum absolute atomic E-state index is 13.5. The van der Waals surface area contributed by atoms with Crippen molar-refractivity contribution in [1.29, 1.82) is 0 Å². The van der Waals surface area contributed by atoms with Gasteiger partial charge >= 0.3 is 5.97 Å². The fourth-order valence-corrected chi connectivity index (χ4v) is 6.18. The van der Waals surface area contributed by atoms with Gasteiger partial charge in [-0.1, -0.05) is 54.6 Å². The second kappa shape index (κ2) is 9.70. The predicted octanol–water partition coefficient (Wildman–Crippen LogP) is 6.74. The molecule has 3 aromatic carbocycles. The van der Waals surface area contributed by atoms with Crippen LogP contribution in [0, 0.1) is 6.92 Å². The molecule has 0 aliphatic carbocycles. The van der Waals surface area contributed by atoms with Gasteiger partial charge in [0.2, 0.25) is 5.60 Å². The fourth-order valence-electron chi connectivity index (χ4n) is 6.18. The summed E-state index contributed by atoms with van der Waals surface area (Å²) in [5.41, 5.74) is 6.64. The van der Waals surface area contributed by atoms with Crippen LogP contribution >= 0.6 is 0 Å². The first-order chi connectivity index (χ1) is 19.0. The molecule has 39 heavy (non-hydrogen) atoms. The van der Waals surface area contributed by atoms with Crippen molar-refractivity contribution >= 4 is 22.6 Å². The molecule has 6 rings (SSSR count). The van der Waals surface area contributed by atoms with Gasteiger partial charge in [-0.05, 0) is 57.0 Å². The molecule has 196 valence electrons. The lowest BCUT2D eigenvalue weighted by Gasteiger charge is -2.32. The maximum Gasteiger partial charge on any atom is 0.360 e. The lowest BCUT2D eigenvalue weighted by molar-refractivity contribution is 0.0245. The largest absolute Gasteiger partial charge is 0.438 e. The third-order valence-electron chi connectivity index (χ3n) is 7.88. The number of carbonyl (C=O) groups is 1. The molecule has 0 spiro atoms. The summed E-state index contributed by atoms with van der Waals surface area (Å²) in [7, 11) is 0. The number of carbonyl (C=O) groups excluding carboxylic acids is 1. The Kier molecular flexibility index (Phi) is 6.18. The van der Waals surface area contributed by atoms with Gasteiger partial charge in [0, 0.05) is 59.7 Å². The lowest BCUT2D eigenvalue weighted by Crippen LogP contribution is -2.32. The van der Waals surface area contributed by atoms with E-state index in [1.807, 2.05) is 24.3 Å². The Labute approximate surface area is 228 Å². The molecule has 1 aliphatic heterocycles. The molecule has 1 aliphatic rings.